The number of aliphatic hydroxyl groups excluding tert-OH is 1. The highest BCUT2D eigenvalue weighted by atomic mass is 19.1. The van der Waals surface area contributed by atoms with Gasteiger partial charge in [-0.3, -0.25) is 0 Å². The lowest BCUT2D eigenvalue weighted by molar-refractivity contribution is 0.199. The van der Waals surface area contributed by atoms with Crippen molar-refractivity contribution in [2.75, 3.05) is 18.0 Å². The van der Waals surface area contributed by atoms with Gasteiger partial charge in [0.1, 0.15) is 5.82 Å². The average molecular weight is 295 g/mol. The highest BCUT2D eigenvalue weighted by Crippen LogP contribution is 2.25. The minimum atomic E-state index is -0.631. The molecule has 0 aliphatic carbocycles. The molecule has 0 saturated heterocycles. The van der Waals surface area contributed by atoms with Gasteiger partial charge in [-0.2, -0.15) is 0 Å². The Morgan fingerprint density at radius 2 is 1.52 bits per heavy atom. The third-order valence-corrected chi connectivity index (χ3v) is 3.75. The van der Waals surface area contributed by atoms with Crippen molar-refractivity contribution in [1.82, 2.24) is 0 Å². The maximum Gasteiger partial charge on any atom is 0.146 e. The summed E-state index contributed by atoms with van der Waals surface area (Å²) in [7, 11) is 0. The number of rotatable bonds is 8. The van der Waals surface area contributed by atoms with Crippen LogP contribution in [0.15, 0.2) is 18.2 Å². The second-order valence-corrected chi connectivity index (χ2v) is 6.74. The molecule has 1 rings (SSSR count). The van der Waals surface area contributed by atoms with Crippen LogP contribution in [-0.4, -0.2) is 18.2 Å². The summed E-state index contributed by atoms with van der Waals surface area (Å²) in [4.78, 5) is 2.14. The quantitative estimate of drug-likeness (QED) is 0.746. The molecule has 1 aromatic rings. The van der Waals surface area contributed by atoms with Crippen LogP contribution in [-0.2, 0) is 0 Å². The number of nitrogens with zero attached hydrogens (tertiary/aromatic N) is 1. The first-order valence-corrected chi connectivity index (χ1v) is 8.03. The Labute approximate surface area is 129 Å². The zero-order valence-electron chi connectivity index (χ0n) is 14.1. The van der Waals surface area contributed by atoms with Crippen molar-refractivity contribution in [2.24, 2.45) is 11.8 Å². The molecule has 0 aliphatic rings. The van der Waals surface area contributed by atoms with Crippen LogP contribution < -0.4 is 4.90 Å². The van der Waals surface area contributed by atoms with E-state index in [2.05, 4.69) is 32.6 Å². The third-order valence-electron chi connectivity index (χ3n) is 3.75. The molecular formula is C18H30FNO. The molecule has 1 unspecified atom stereocenters. The van der Waals surface area contributed by atoms with Crippen molar-refractivity contribution >= 4 is 5.69 Å². The van der Waals surface area contributed by atoms with Gasteiger partial charge < -0.3 is 10.0 Å². The number of halogens is 1. The molecule has 120 valence electrons. The molecule has 0 radical (unpaired) electrons. The summed E-state index contributed by atoms with van der Waals surface area (Å²) in [5.74, 6) is 0.971. The van der Waals surface area contributed by atoms with E-state index < -0.39 is 6.10 Å². The van der Waals surface area contributed by atoms with Crippen molar-refractivity contribution in [3.63, 3.8) is 0 Å². The predicted octanol–water partition coefficient (Wildman–Crippen LogP) is 4.78. The Morgan fingerprint density at radius 3 is 1.90 bits per heavy atom. The number of hydrogen-bond donors (Lipinski definition) is 1. The molecule has 1 aromatic carbocycles. The number of anilines is 1. The van der Waals surface area contributed by atoms with E-state index in [4.69, 9.17) is 0 Å². The summed E-state index contributed by atoms with van der Waals surface area (Å²) in [5.41, 5.74) is 1.28. The normalized spacial score (nSPS) is 13.0. The molecular weight excluding hydrogens is 265 g/mol. The van der Waals surface area contributed by atoms with Gasteiger partial charge in [0.25, 0.3) is 0 Å². The molecule has 1 N–H and O–H groups in total. The summed E-state index contributed by atoms with van der Waals surface area (Å²) in [6, 6.07) is 5.08. The predicted molar refractivity (Wildman–Crippen MR) is 88.2 cm³/mol. The largest absolute Gasteiger partial charge is 0.389 e. The highest BCUT2D eigenvalue weighted by molar-refractivity contribution is 5.49. The standard InChI is InChI=1S/C18H30FNO/c1-13(2)8-10-20(11-9-14(3)4)18-7-6-16(15(5)21)12-17(18)19/h6-7,12-15,21H,8-11H2,1-5H3. The molecule has 0 amide bonds. The van der Waals surface area contributed by atoms with Crippen molar-refractivity contribution in [1.29, 1.82) is 0 Å². The van der Waals surface area contributed by atoms with E-state index in [1.165, 1.54) is 6.07 Å². The maximum atomic E-state index is 14.4. The molecule has 0 aliphatic heterocycles. The van der Waals surface area contributed by atoms with E-state index in [0.29, 0.717) is 23.1 Å². The zero-order chi connectivity index (χ0) is 16.0. The Bertz CT molecular complexity index is 417. The number of benzene rings is 1. The van der Waals surface area contributed by atoms with Crippen LogP contribution in [0.5, 0.6) is 0 Å². The van der Waals surface area contributed by atoms with E-state index in [0.717, 1.165) is 25.9 Å². The molecule has 0 heterocycles. The summed E-state index contributed by atoms with van der Waals surface area (Å²) in [6.07, 6.45) is 1.47. The topological polar surface area (TPSA) is 23.5 Å². The molecule has 2 nitrogen and oxygen atoms in total. The van der Waals surface area contributed by atoms with Crippen molar-refractivity contribution in [3.8, 4) is 0 Å². The SMILES string of the molecule is CC(C)CCN(CCC(C)C)c1ccc(C(C)O)cc1F. The van der Waals surface area contributed by atoms with Gasteiger partial charge >= 0.3 is 0 Å². The monoisotopic (exact) mass is 295 g/mol. The van der Waals surface area contributed by atoms with Crippen LogP contribution in [0.3, 0.4) is 0 Å². The summed E-state index contributed by atoms with van der Waals surface area (Å²) in [6.45, 7) is 12.1. The highest BCUT2D eigenvalue weighted by Gasteiger charge is 2.14. The Morgan fingerprint density at radius 1 is 1.00 bits per heavy atom. The van der Waals surface area contributed by atoms with Gasteiger partial charge in [0.2, 0.25) is 0 Å². The van der Waals surface area contributed by atoms with Gasteiger partial charge in [-0.05, 0) is 49.3 Å². The molecule has 0 bridgehead atoms. The minimum Gasteiger partial charge on any atom is -0.389 e. The second kappa shape index (κ2) is 8.38. The van der Waals surface area contributed by atoms with Crippen LogP contribution in [0.4, 0.5) is 10.1 Å². The van der Waals surface area contributed by atoms with Gasteiger partial charge in [-0.15, -0.1) is 0 Å². The van der Waals surface area contributed by atoms with Crippen molar-refractivity contribution in [2.45, 2.75) is 53.6 Å². The molecule has 0 spiro atoms. The van der Waals surface area contributed by atoms with Crippen molar-refractivity contribution in [3.05, 3.63) is 29.6 Å². The zero-order valence-corrected chi connectivity index (χ0v) is 14.1. The summed E-state index contributed by atoms with van der Waals surface area (Å²) >= 11 is 0. The summed E-state index contributed by atoms with van der Waals surface area (Å²) in [5, 5.41) is 9.55. The Hall–Kier alpha value is -1.09. The smallest absolute Gasteiger partial charge is 0.146 e. The van der Waals surface area contributed by atoms with Gasteiger partial charge in [0.05, 0.1) is 11.8 Å². The van der Waals surface area contributed by atoms with E-state index in [-0.39, 0.29) is 5.82 Å². The molecule has 0 aromatic heterocycles. The fourth-order valence-electron chi connectivity index (χ4n) is 2.22. The molecule has 0 fully saturated rings. The Balaban J connectivity index is 2.90. The fourth-order valence-corrected chi connectivity index (χ4v) is 2.22. The number of hydrogen-bond acceptors (Lipinski definition) is 2. The second-order valence-electron chi connectivity index (χ2n) is 6.74. The molecule has 1 atom stereocenters. The first-order chi connectivity index (χ1) is 9.81. The Kier molecular flexibility index (Phi) is 7.16. The number of aliphatic hydroxyl groups is 1. The van der Waals surface area contributed by atoms with Crippen LogP contribution in [0, 0.1) is 17.7 Å². The van der Waals surface area contributed by atoms with E-state index >= 15 is 0 Å². The first-order valence-electron chi connectivity index (χ1n) is 8.03. The lowest BCUT2D eigenvalue weighted by atomic mass is 10.1. The lowest BCUT2D eigenvalue weighted by Crippen LogP contribution is -2.28. The lowest BCUT2D eigenvalue weighted by Gasteiger charge is -2.27. The van der Waals surface area contributed by atoms with Gasteiger partial charge in [-0.25, -0.2) is 4.39 Å². The maximum absolute atomic E-state index is 14.4. The van der Waals surface area contributed by atoms with Crippen molar-refractivity contribution < 1.29 is 9.50 Å². The van der Waals surface area contributed by atoms with E-state index in [1.807, 2.05) is 6.07 Å². The molecule has 21 heavy (non-hydrogen) atoms. The van der Waals surface area contributed by atoms with E-state index in [9.17, 15) is 9.50 Å². The van der Waals surface area contributed by atoms with Crippen LogP contribution in [0.2, 0.25) is 0 Å². The minimum absolute atomic E-state index is 0.235. The van der Waals surface area contributed by atoms with Crippen LogP contribution in [0.1, 0.15) is 59.1 Å². The first kappa shape index (κ1) is 18.0. The summed E-state index contributed by atoms with van der Waals surface area (Å²) < 4.78 is 14.4. The van der Waals surface area contributed by atoms with Crippen LogP contribution >= 0.6 is 0 Å². The molecule has 3 heteroatoms. The molecule has 0 saturated carbocycles. The van der Waals surface area contributed by atoms with Gasteiger partial charge in [0, 0.05) is 13.1 Å². The fraction of sp³-hybridized carbons (Fsp3) is 0.667. The van der Waals surface area contributed by atoms with Gasteiger partial charge in [0.15, 0.2) is 0 Å². The van der Waals surface area contributed by atoms with Gasteiger partial charge in [-0.1, -0.05) is 33.8 Å². The van der Waals surface area contributed by atoms with E-state index in [1.54, 1.807) is 13.0 Å². The van der Waals surface area contributed by atoms with Crippen LogP contribution in [0.25, 0.3) is 0 Å². The third kappa shape index (κ3) is 6.04. The average Bonchev–Trinajstić information content (AvgIpc) is 2.38.